The van der Waals surface area contributed by atoms with E-state index < -0.39 is 0 Å². The maximum atomic E-state index is 11.8. The fourth-order valence-corrected chi connectivity index (χ4v) is 3.84. The SMILES string of the molecule is CC[C@@H]1CCc2c(sc3nc[nH]c(=O)c23)C1. The van der Waals surface area contributed by atoms with Crippen LogP contribution in [0.25, 0.3) is 10.2 Å². The molecule has 1 aliphatic carbocycles. The molecule has 1 N–H and O–H groups in total. The van der Waals surface area contributed by atoms with Gasteiger partial charge in [-0.1, -0.05) is 13.3 Å². The first-order valence-corrected chi connectivity index (χ1v) is 6.59. The number of hydrogen-bond acceptors (Lipinski definition) is 3. The summed E-state index contributed by atoms with van der Waals surface area (Å²) in [5.74, 6) is 0.791. The van der Waals surface area contributed by atoms with Gasteiger partial charge in [-0.2, -0.15) is 0 Å². The lowest BCUT2D eigenvalue weighted by Crippen LogP contribution is -2.13. The number of hydrogen-bond donors (Lipinski definition) is 1. The lowest BCUT2D eigenvalue weighted by molar-refractivity contribution is 0.451. The molecule has 0 spiro atoms. The molecule has 0 radical (unpaired) electrons. The number of thiophene rings is 1. The average molecular weight is 234 g/mol. The third kappa shape index (κ3) is 1.40. The van der Waals surface area contributed by atoms with Crippen molar-refractivity contribution >= 4 is 21.6 Å². The van der Waals surface area contributed by atoms with Crippen LogP contribution in [0.2, 0.25) is 0 Å². The normalized spacial score (nSPS) is 19.9. The fourth-order valence-electron chi connectivity index (χ4n) is 2.54. The zero-order valence-corrected chi connectivity index (χ0v) is 10.1. The van der Waals surface area contributed by atoms with E-state index in [0.29, 0.717) is 0 Å². The van der Waals surface area contributed by atoms with Crippen LogP contribution in [0.3, 0.4) is 0 Å². The van der Waals surface area contributed by atoms with Crippen molar-refractivity contribution in [3.8, 4) is 0 Å². The van der Waals surface area contributed by atoms with Crippen LogP contribution < -0.4 is 5.56 Å². The number of fused-ring (bicyclic) bond motifs is 3. The molecule has 2 aromatic heterocycles. The minimum absolute atomic E-state index is 0.0254. The van der Waals surface area contributed by atoms with Gasteiger partial charge in [0.1, 0.15) is 4.83 Å². The predicted octanol–water partition coefficient (Wildman–Crippen LogP) is 2.50. The highest BCUT2D eigenvalue weighted by Crippen LogP contribution is 2.36. The molecule has 0 aliphatic heterocycles. The molecular weight excluding hydrogens is 220 g/mol. The molecule has 0 unspecified atom stereocenters. The fraction of sp³-hybridized carbons (Fsp3) is 0.500. The Bertz CT molecular complexity index is 584. The summed E-state index contributed by atoms with van der Waals surface area (Å²) in [6, 6.07) is 0. The molecule has 0 saturated carbocycles. The van der Waals surface area contributed by atoms with Gasteiger partial charge in [-0.15, -0.1) is 11.3 Å². The molecule has 1 aliphatic rings. The molecule has 3 rings (SSSR count). The smallest absolute Gasteiger partial charge is 0.259 e. The second-order valence-corrected chi connectivity index (χ2v) is 5.52. The first kappa shape index (κ1) is 10.0. The van der Waals surface area contributed by atoms with E-state index in [1.165, 1.54) is 29.6 Å². The van der Waals surface area contributed by atoms with Crippen molar-refractivity contribution in [1.29, 1.82) is 0 Å². The summed E-state index contributed by atoms with van der Waals surface area (Å²) >= 11 is 1.70. The van der Waals surface area contributed by atoms with Crippen molar-refractivity contribution in [3.05, 3.63) is 27.1 Å². The lowest BCUT2D eigenvalue weighted by atomic mass is 9.86. The van der Waals surface area contributed by atoms with Gasteiger partial charge in [0, 0.05) is 4.88 Å². The maximum Gasteiger partial charge on any atom is 0.259 e. The topological polar surface area (TPSA) is 45.8 Å². The highest BCUT2D eigenvalue weighted by molar-refractivity contribution is 7.18. The van der Waals surface area contributed by atoms with E-state index >= 15 is 0 Å². The van der Waals surface area contributed by atoms with Gasteiger partial charge in [0.2, 0.25) is 0 Å². The molecule has 2 aromatic rings. The second-order valence-electron chi connectivity index (χ2n) is 4.43. The van der Waals surface area contributed by atoms with Crippen molar-refractivity contribution < 1.29 is 0 Å². The molecule has 0 saturated heterocycles. The number of aromatic nitrogens is 2. The molecule has 2 heterocycles. The number of nitrogens with one attached hydrogen (secondary N) is 1. The predicted molar refractivity (Wildman–Crippen MR) is 66.0 cm³/mol. The van der Waals surface area contributed by atoms with E-state index in [2.05, 4.69) is 16.9 Å². The molecular formula is C12H14N2OS. The molecule has 0 amide bonds. The van der Waals surface area contributed by atoms with Gasteiger partial charge in [0.15, 0.2) is 0 Å². The minimum Gasteiger partial charge on any atom is -0.313 e. The summed E-state index contributed by atoms with van der Waals surface area (Å²) in [5.41, 5.74) is 1.29. The monoisotopic (exact) mass is 234 g/mol. The van der Waals surface area contributed by atoms with Crippen molar-refractivity contribution in [3.63, 3.8) is 0 Å². The van der Waals surface area contributed by atoms with Crippen molar-refractivity contribution in [2.75, 3.05) is 0 Å². The van der Waals surface area contributed by atoms with E-state index in [4.69, 9.17) is 0 Å². The van der Waals surface area contributed by atoms with Crippen LogP contribution >= 0.6 is 11.3 Å². The zero-order valence-electron chi connectivity index (χ0n) is 9.25. The van der Waals surface area contributed by atoms with Crippen molar-refractivity contribution in [1.82, 2.24) is 9.97 Å². The Balaban J connectivity index is 2.21. The molecule has 0 aromatic carbocycles. The van der Waals surface area contributed by atoms with Crippen LogP contribution in [0.5, 0.6) is 0 Å². The zero-order chi connectivity index (χ0) is 11.1. The number of nitrogens with zero attached hydrogens (tertiary/aromatic N) is 1. The van der Waals surface area contributed by atoms with Crippen LogP contribution in [0.15, 0.2) is 11.1 Å². The largest absolute Gasteiger partial charge is 0.313 e. The summed E-state index contributed by atoms with van der Waals surface area (Å²) in [7, 11) is 0. The number of H-pyrrole nitrogens is 1. The summed E-state index contributed by atoms with van der Waals surface area (Å²) in [6.45, 7) is 2.24. The highest BCUT2D eigenvalue weighted by Gasteiger charge is 2.23. The van der Waals surface area contributed by atoms with Crippen LogP contribution in [0, 0.1) is 5.92 Å². The van der Waals surface area contributed by atoms with Gasteiger partial charge in [-0.25, -0.2) is 4.98 Å². The van der Waals surface area contributed by atoms with Gasteiger partial charge in [-0.05, 0) is 30.7 Å². The highest BCUT2D eigenvalue weighted by atomic mass is 32.1. The van der Waals surface area contributed by atoms with Crippen molar-refractivity contribution in [2.45, 2.75) is 32.6 Å². The van der Waals surface area contributed by atoms with Gasteiger partial charge in [-0.3, -0.25) is 4.79 Å². The standard InChI is InChI=1S/C12H14N2OS/c1-2-7-3-4-8-9(5-7)16-12-10(8)11(15)13-6-14-12/h6-7H,2-5H2,1H3,(H,13,14,15)/t7-/m1/s1. The van der Waals surface area contributed by atoms with Gasteiger partial charge < -0.3 is 4.98 Å². The number of rotatable bonds is 1. The Kier molecular flexibility index (Phi) is 2.32. The molecule has 3 nitrogen and oxygen atoms in total. The summed E-state index contributed by atoms with van der Waals surface area (Å²) in [4.78, 5) is 21.0. The van der Waals surface area contributed by atoms with E-state index in [9.17, 15) is 4.79 Å². The Labute approximate surface area is 97.5 Å². The Morgan fingerprint density at radius 1 is 1.62 bits per heavy atom. The van der Waals surface area contributed by atoms with Gasteiger partial charge in [0.25, 0.3) is 5.56 Å². The van der Waals surface area contributed by atoms with Crippen molar-refractivity contribution in [2.24, 2.45) is 5.92 Å². The summed E-state index contributed by atoms with van der Waals surface area (Å²) in [6.07, 6.45) is 6.12. The maximum absolute atomic E-state index is 11.8. The third-order valence-corrected chi connectivity index (χ3v) is 4.69. The van der Waals surface area contributed by atoms with E-state index in [-0.39, 0.29) is 5.56 Å². The van der Waals surface area contributed by atoms with E-state index in [0.717, 1.165) is 29.0 Å². The average Bonchev–Trinajstić information content (AvgIpc) is 2.67. The number of aromatic amines is 1. The molecule has 4 heteroatoms. The first-order valence-electron chi connectivity index (χ1n) is 5.77. The molecule has 84 valence electrons. The molecule has 0 bridgehead atoms. The Hall–Kier alpha value is -1.16. The Morgan fingerprint density at radius 3 is 3.31 bits per heavy atom. The molecule has 0 fully saturated rings. The van der Waals surface area contributed by atoms with Crippen LogP contribution in [-0.4, -0.2) is 9.97 Å². The first-order chi connectivity index (χ1) is 7.79. The third-order valence-electron chi connectivity index (χ3n) is 3.53. The summed E-state index contributed by atoms with van der Waals surface area (Å²) in [5, 5.41) is 0.844. The van der Waals surface area contributed by atoms with Crippen LogP contribution in [-0.2, 0) is 12.8 Å². The second kappa shape index (κ2) is 3.70. The lowest BCUT2D eigenvalue weighted by Gasteiger charge is -2.20. The number of aryl methyl sites for hydroxylation is 1. The quantitative estimate of drug-likeness (QED) is 0.824. The Morgan fingerprint density at radius 2 is 2.50 bits per heavy atom. The van der Waals surface area contributed by atoms with E-state index in [1.807, 2.05) is 0 Å². The van der Waals surface area contributed by atoms with Gasteiger partial charge >= 0.3 is 0 Å². The molecule has 16 heavy (non-hydrogen) atoms. The summed E-state index contributed by atoms with van der Waals surface area (Å²) < 4.78 is 0. The molecule has 1 atom stereocenters. The van der Waals surface area contributed by atoms with Crippen LogP contribution in [0.4, 0.5) is 0 Å². The van der Waals surface area contributed by atoms with Crippen LogP contribution in [0.1, 0.15) is 30.2 Å². The van der Waals surface area contributed by atoms with E-state index in [1.54, 1.807) is 11.3 Å². The minimum atomic E-state index is 0.0254. The van der Waals surface area contributed by atoms with Gasteiger partial charge in [0.05, 0.1) is 11.7 Å².